The molecule has 18 aromatic carbocycles. The van der Waals surface area contributed by atoms with Crippen molar-refractivity contribution in [2.24, 2.45) is 0 Å². The number of halogens is 3. The Balaban J connectivity index is 0.000000134. The molecule has 0 aromatic heterocycles. The number of hydrogen-bond acceptors (Lipinski definition) is 4. The molecule has 0 unspecified atom stereocenters. The molecule has 18 rings (SSSR count). The molecule has 0 aliphatic rings. The molecule has 0 spiro atoms. The van der Waals surface area contributed by atoms with Crippen molar-refractivity contribution in [1.29, 1.82) is 0 Å². The molecule has 0 bridgehead atoms. The van der Waals surface area contributed by atoms with Gasteiger partial charge in [0.05, 0.1) is 11.4 Å². The molecule has 0 atom stereocenters. The van der Waals surface area contributed by atoms with Crippen LogP contribution >= 0.6 is 0 Å². The summed E-state index contributed by atoms with van der Waals surface area (Å²) < 4.78 is 66.9. The number of hydrogen-bond donors (Lipinski definition) is 0. The summed E-state index contributed by atoms with van der Waals surface area (Å²) in [6.07, 6.45) is 0.935. The van der Waals surface area contributed by atoms with Gasteiger partial charge in [0.1, 0.15) is 0 Å². The van der Waals surface area contributed by atoms with Crippen molar-refractivity contribution < 1.29 is 25.8 Å². The maximum Gasteiger partial charge on any atom is 0.534 e. The summed E-state index contributed by atoms with van der Waals surface area (Å²) in [5, 5.41) is 8.33. The van der Waals surface area contributed by atoms with Crippen molar-refractivity contribution in [2.75, 3.05) is 4.90 Å². The average molecular weight is 1450 g/mol. The van der Waals surface area contributed by atoms with Crippen molar-refractivity contribution in [3.8, 4) is 94.8 Å². The van der Waals surface area contributed by atoms with Crippen molar-refractivity contribution in [1.82, 2.24) is 0 Å². The Labute approximate surface area is 639 Å². The summed E-state index contributed by atoms with van der Waals surface area (Å²) >= 11 is 0. The largest absolute Gasteiger partial charge is 0.534 e. The van der Waals surface area contributed by atoms with E-state index in [1.807, 2.05) is 36.4 Å². The van der Waals surface area contributed by atoms with Gasteiger partial charge in [-0.1, -0.05) is 394 Å². The molecule has 18 aromatic rings. The first kappa shape index (κ1) is 70.6. The SMILES string of the molecule is O=S(=O)(Oc1cc(-c2ccccc2)c(-c2ccccc2)c2ccccc12)C(F)(F)F.c1ccc(-c2ccc(Cc3ccc(-c4ccccc4)c4ccccc34)cc2)cc1.c1ccc(-c2ccc(N(c3ccc(-c4ccccc4)c4ccccc34)c3cc(-c4ccccc4)c(-c4ccccc4)c4ccccc34)cc2)cc1. The predicted molar refractivity (Wildman–Crippen MR) is 452 cm³/mol. The summed E-state index contributed by atoms with van der Waals surface area (Å²) in [7, 11) is -5.82. The van der Waals surface area contributed by atoms with Crippen molar-refractivity contribution >= 4 is 70.3 Å². The Morgan fingerprint density at radius 3 is 1.00 bits per heavy atom. The zero-order valence-corrected chi connectivity index (χ0v) is 60.7. The third-order valence-electron chi connectivity index (χ3n) is 20.1. The van der Waals surface area contributed by atoms with E-state index in [0.29, 0.717) is 10.9 Å². The Kier molecular flexibility index (Phi) is 20.4. The van der Waals surface area contributed by atoms with Crippen molar-refractivity contribution in [2.45, 2.75) is 11.9 Å². The Morgan fingerprint density at radius 2 is 0.564 bits per heavy atom. The first-order chi connectivity index (χ1) is 54.0. The van der Waals surface area contributed by atoms with E-state index in [4.69, 9.17) is 0 Å². The van der Waals surface area contributed by atoms with Gasteiger partial charge in [0.15, 0.2) is 5.75 Å². The molecule has 4 nitrogen and oxygen atoms in total. The molecule has 0 N–H and O–H groups in total. The van der Waals surface area contributed by atoms with Crippen LogP contribution in [0.15, 0.2) is 425 Å². The standard InChI is InChI=1S/C50H35N.C29H22.C23H15F3O3S/c1-5-17-36(18-6-1)37-29-31-41(32-30-37)51(48-34-33-42(38-19-7-2-8-20-38)43-25-13-14-26-44(43)48)49-35-47(39-21-9-3-10-22-39)50(40-23-11-4-12-24-40)46-28-16-15-27-45(46)49;1-3-9-23(10-4-1)24-17-15-22(16-18-24)21-26-19-20-28(25-11-5-2-6-12-25)29-14-8-7-13-27(26)29;24-23(25,26)30(27,28)29-21-15-20(16-9-3-1-4-10-16)22(17-11-5-2-6-12-17)19-14-8-7-13-18(19)21/h1-35H;1-20H,21H2;1-15H. The zero-order valence-electron chi connectivity index (χ0n) is 59.8. The number of nitrogens with zero attached hydrogens (tertiary/aromatic N) is 1. The lowest BCUT2D eigenvalue weighted by Crippen LogP contribution is -2.28. The van der Waals surface area contributed by atoms with Crippen LogP contribution in [0.5, 0.6) is 5.75 Å². The minimum atomic E-state index is -5.82. The summed E-state index contributed by atoms with van der Waals surface area (Å²) in [4.78, 5) is 2.47. The highest BCUT2D eigenvalue weighted by molar-refractivity contribution is 7.88. The van der Waals surface area contributed by atoms with Crippen molar-refractivity contribution in [3.63, 3.8) is 0 Å². The summed E-state index contributed by atoms with van der Waals surface area (Å²) in [5.74, 6) is -0.374. The van der Waals surface area contributed by atoms with E-state index < -0.39 is 15.6 Å². The fourth-order valence-electron chi connectivity index (χ4n) is 14.9. The van der Waals surface area contributed by atoms with Crippen LogP contribution in [0.4, 0.5) is 30.2 Å². The fourth-order valence-corrected chi connectivity index (χ4v) is 15.3. The van der Waals surface area contributed by atoms with E-state index in [9.17, 15) is 21.6 Å². The van der Waals surface area contributed by atoms with Gasteiger partial charge < -0.3 is 9.08 Å². The molecule has 0 radical (unpaired) electrons. The van der Waals surface area contributed by atoms with Gasteiger partial charge in [-0.3, -0.25) is 0 Å². The molecule has 0 saturated heterocycles. The average Bonchev–Trinajstić information content (AvgIpc) is 0.738. The maximum atomic E-state index is 13.0. The Bertz CT molecular complexity index is 6340. The predicted octanol–water partition coefficient (Wildman–Crippen LogP) is 28.3. The van der Waals surface area contributed by atoms with E-state index in [-0.39, 0.29) is 11.1 Å². The van der Waals surface area contributed by atoms with Crippen LogP contribution < -0.4 is 9.08 Å². The van der Waals surface area contributed by atoms with Gasteiger partial charge in [0.2, 0.25) is 0 Å². The number of benzene rings is 18. The molecular weight excluding hydrogens is 1380 g/mol. The van der Waals surface area contributed by atoms with Crippen LogP contribution in [-0.2, 0) is 16.5 Å². The second-order valence-corrected chi connectivity index (χ2v) is 28.4. The highest BCUT2D eigenvalue weighted by Crippen LogP contribution is 2.50. The van der Waals surface area contributed by atoms with E-state index in [1.165, 1.54) is 122 Å². The normalized spacial score (nSPS) is 11.3. The van der Waals surface area contributed by atoms with Gasteiger partial charge in [-0.15, -0.1) is 0 Å². The van der Waals surface area contributed by atoms with Gasteiger partial charge in [-0.05, 0) is 164 Å². The molecule has 0 amide bonds. The summed E-state index contributed by atoms with van der Waals surface area (Å²) in [6.45, 7) is 0. The number of alkyl halides is 3. The van der Waals surface area contributed by atoms with E-state index in [2.05, 4.69) is 343 Å². The number of anilines is 3. The first-order valence-corrected chi connectivity index (χ1v) is 38.0. The zero-order chi connectivity index (χ0) is 74.8. The molecule has 530 valence electrons. The Hall–Kier alpha value is -13.7. The van der Waals surface area contributed by atoms with Gasteiger partial charge in [-0.25, -0.2) is 0 Å². The molecule has 0 saturated carbocycles. The van der Waals surface area contributed by atoms with Gasteiger partial charge in [0, 0.05) is 21.8 Å². The molecule has 0 aliphatic carbocycles. The summed E-state index contributed by atoms with van der Waals surface area (Å²) in [6, 6.07) is 146. The topological polar surface area (TPSA) is 46.6 Å². The number of fused-ring (bicyclic) bond motifs is 4. The van der Waals surface area contributed by atoms with Crippen LogP contribution in [0.25, 0.3) is 132 Å². The Morgan fingerprint density at radius 1 is 0.255 bits per heavy atom. The van der Waals surface area contributed by atoms with Crippen LogP contribution in [0.1, 0.15) is 11.1 Å². The van der Waals surface area contributed by atoms with E-state index in [0.717, 1.165) is 40.2 Å². The molecular formula is C102H72F3NO3S. The first-order valence-electron chi connectivity index (χ1n) is 36.6. The minimum absolute atomic E-state index is 0.267. The number of rotatable bonds is 15. The highest BCUT2D eigenvalue weighted by atomic mass is 32.2. The third-order valence-corrected chi connectivity index (χ3v) is 21.0. The quantitative estimate of drug-likeness (QED) is 0.0758. The maximum absolute atomic E-state index is 13.0. The molecule has 0 aliphatic heterocycles. The van der Waals surface area contributed by atoms with Crippen LogP contribution in [0, 0.1) is 0 Å². The molecule has 0 fully saturated rings. The van der Waals surface area contributed by atoms with Crippen LogP contribution in [0.2, 0.25) is 0 Å². The highest BCUT2D eigenvalue weighted by Gasteiger charge is 2.49. The van der Waals surface area contributed by atoms with Gasteiger partial charge in [0.25, 0.3) is 0 Å². The second kappa shape index (κ2) is 31.8. The van der Waals surface area contributed by atoms with Gasteiger partial charge >= 0.3 is 15.6 Å². The minimum Gasteiger partial charge on any atom is -0.375 e. The lowest BCUT2D eigenvalue weighted by atomic mass is 9.88. The van der Waals surface area contributed by atoms with Crippen LogP contribution in [-0.4, -0.2) is 13.9 Å². The molecule has 0 heterocycles. The van der Waals surface area contributed by atoms with E-state index >= 15 is 0 Å². The van der Waals surface area contributed by atoms with E-state index in [1.54, 1.807) is 42.5 Å². The van der Waals surface area contributed by atoms with Crippen LogP contribution in [0.3, 0.4) is 0 Å². The van der Waals surface area contributed by atoms with Gasteiger partial charge in [-0.2, -0.15) is 21.6 Å². The molecule has 110 heavy (non-hydrogen) atoms. The fraction of sp³-hybridized carbons (Fsp3) is 0.0196. The molecule has 8 heteroatoms. The third kappa shape index (κ3) is 15.0. The lowest BCUT2D eigenvalue weighted by molar-refractivity contribution is -0.0499. The smallest absolute Gasteiger partial charge is 0.375 e. The second-order valence-electron chi connectivity index (χ2n) is 26.9. The lowest BCUT2D eigenvalue weighted by Gasteiger charge is -2.30. The van der Waals surface area contributed by atoms with Crippen molar-refractivity contribution in [3.05, 3.63) is 436 Å². The monoisotopic (exact) mass is 1450 g/mol. The summed E-state index contributed by atoms with van der Waals surface area (Å²) in [5.41, 5.74) is 18.2.